The van der Waals surface area contributed by atoms with E-state index in [4.69, 9.17) is 4.74 Å². The molecule has 6 rings (SSSR count). The van der Waals surface area contributed by atoms with E-state index in [1.165, 1.54) is 11.8 Å². The van der Waals surface area contributed by atoms with Crippen molar-refractivity contribution in [2.45, 2.75) is 46.1 Å². The van der Waals surface area contributed by atoms with Crippen LogP contribution in [0.2, 0.25) is 0 Å². The summed E-state index contributed by atoms with van der Waals surface area (Å²) < 4.78 is 9.44. The first kappa shape index (κ1) is 28.5. The Balaban J connectivity index is 1.11. The Morgan fingerprint density at radius 1 is 0.795 bits per heavy atom. The molecule has 11 nitrogen and oxygen atoms in total. The second-order valence-electron chi connectivity index (χ2n) is 10.7. The van der Waals surface area contributed by atoms with Crippen LogP contribution in [0.5, 0.6) is 5.75 Å². The smallest absolute Gasteiger partial charge is 0.322 e. The highest BCUT2D eigenvalue weighted by Crippen LogP contribution is 2.32. The zero-order valence-corrected chi connectivity index (χ0v) is 24.5. The van der Waals surface area contributed by atoms with E-state index in [2.05, 4.69) is 25.9 Å². The van der Waals surface area contributed by atoms with Crippen molar-refractivity contribution in [3.05, 3.63) is 137 Å². The van der Waals surface area contributed by atoms with Gasteiger partial charge in [-0.15, -0.1) is 10.2 Å². The average Bonchev–Trinajstić information content (AvgIpc) is 3.68. The maximum absolute atomic E-state index is 13.3. The van der Waals surface area contributed by atoms with Crippen molar-refractivity contribution in [1.82, 2.24) is 40.2 Å². The topological polar surface area (TPSA) is 120 Å². The van der Waals surface area contributed by atoms with E-state index >= 15 is 0 Å². The lowest BCUT2D eigenvalue weighted by molar-refractivity contribution is -0.114. The third-order valence-corrected chi connectivity index (χ3v) is 7.44. The molecule has 2 amide bonds. The van der Waals surface area contributed by atoms with Gasteiger partial charge >= 0.3 is 6.03 Å². The van der Waals surface area contributed by atoms with E-state index < -0.39 is 6.04 Å². The first-order valence-corrected chi connectivity index (χ1v) is 14.3. The van der Waals surface area contributed by atoms with Crippen LogP contribution in [0.25, 0.3) is 0 Å². The molecule has 0 radical (unpaired) electrons. The number of carbonyl (C=O) groups excluding carboxylic acids is 2. The van der Waals surface area contributed by atoms with E-state index in [9.17, 15) is 9.59 Å². The molecule has 11 heteroatoms. The minimum atomic E-state index is -0.586. The van der Waals surface area contributed by atoms with Crippen molar-refractivity contribution >= 4 is 11.8 Å². The number of urea groups is 1. The van der Waals surface area contributed by atoms with Crippen molar-refractivity contribution in [2.75, 3.05) is 0 Å². The predicted molar refractivity (Wildman–Crippen MR) is 162 cm³/mol. The normalized spacial score (nSPS) is 14.9. The van der Waals surface area contributed by atoms with E-state index in [-0.39, 0.29) is 25.0 Å². The number of hydrogen-bond acceptors (Lipinski definition) is 7. The molecule has 0 aliphatic carbocycles. The SMILES string of the molecule is CC(=O)C1=C(C)N(Cc2cn(Cc3ccccc3)nn2)C(=O)NC1c1ccc(OCc2cn(Cc3ccccc3)nn2)cc1. The summed E-state index contributed by atoms with van der Waals surface area (Å²) in [5, 5.41) is 19.9. The molecule has 44 heavy (non-hydrogen) atoms. The summed E-state index contributed by atoms with van der Waals surface area (Å²) in [6.45, 7) is 4.96. The molecule has 1 atom stereocenters. The number of rotatable bonds is 11. The van der Waals surface area contributed by atoms with E-state index in [0.29, 0.717) is 41.5 Å². The first-order chi connectivity index (χ1) is 21.4. The molecule has 1 aliphatic heterocycles. The van der Waals surface area contributed by atoms with Crippen molar-refractivity contribution in [3.63, 3.8) is 0 Å². The van der Waals surface area contributed by atoms with E-state index in [1.54, 1.807) is 16.3 Å². The van der Waals surface area contributed by atoms with Crippen molar-refractivity contribution in [3.8, 4) is 5.75 Å². The summed E-state index contributed by atoms with van der Waals surface area (Å²) in [7, 11) is 0. The van der Waals surface area contributed by atoms with Gasteiger partial charge in [0.2, 0.25) is 0 Å². The zero-order chi connectivity index (χ0) is 30.5. The molecule has 1 unspecified atom stereocenters. The average molecular weight is 589 g/mol. The first-order valence-electron chi connectivity index (χ1n) is 14.3. The molecule has 0 bridgehead atoms. The summed E-state index contributed by atoms with van der Waals surface area (Å²) in [5.74, 6) is 0.517. The second-order valence-corrected chi connectivity index (χ2v) is 10.7. The van der Waals surface area contributed by atoms with Gasteiger partial charge in [0.05, 0.1) is 38.1 Å². The highest BCUT2D eigenvalue weighted by atomic mass is 16.5. The van der Waals surface area contributed by atoms with Gasteiger partial charge in [0.1, 0.15) is 23.7 Å². The molecule has 1 N–H and O–H groups in total. The van der Waals surface area contributed by atoms with Gasteiger partial charge in [0.15, 0.2) is 5.78 Å². The van der Waals surface area contributed by atoms with Crippen molar-refractivity contribution in [1.29, 1.82) is 0 Å². The molecule has 0 saturated heterocycles. The fourth-order valence-corrected chi connectivity index (χ4v) is 5.27. The van der Waals surface area contributed by atoms with Gasteiger partial charge in [0, 0.05) is 11.3 Å². The van der Waals surface area contributed by atoms with Crippen LogP contribution in [0.4, 0.5) is 4.79 Å². The van der Waals surface area contributed by atoms with Crippen molar-refractivity contribution < 1.29 is 14.3 Å². The third-order valence-electron chi connectivity index (χ3n) is 7.44. The summed E-state index contributed by atoms with van der Waals surface area (Å²) in [6.07, 6.45) is 3.68. The number of aromatic nitrogens is 6. The van der Waals surface area contributed by atoms with Gasteiger partial charge in [-0.2, -0.15) is 0 Å². The lowest BCUT2D eigenvalue weighted by Crippen LogP contribution is -2.47. The molecular weight excluding hydrogens is 556 g/mol. The van der Waals surface area contributed by atoms with Gasteiger partial charge in [0.25, 0.3) is 0 Å². The van der Waals surface area contributed by atoms with Crippen LogP contribution in [0, 0.1) is 0 Å². The lowest BCUT2D eigenvalue weighted by atomic mass is 9.92. The lowest BCUT2D eigenvalue weighted by Gasteiger charge is -2.35. The van der Waals surface area contributed by atoms with E-state index in [0.717, 1.165) is 16.7 Å². The largest absolute Gasteiger partial charge is 0.487 e. The van der Waals surface area contributed by atoms with Gasteiger partial charge < -0.3 is 10.1 Å². The molecule has 0 saturated carbocycles. The van der Waals surface area contributed by atoms with Gasteiger partial charge in [-0.05, 0) is 42.7 Å². The van der Waals surface area contributed by atoms with Crippen LogP contribution in [0.3, 0.4) is 0 Å². The predicted octanol–water partition coefficient (Wildman–Crippen LogP) is 4.67. The quantitative estimate of drug-likeness (QED) is 0.238. The van der Waals surface area contributed by atoms with Crippen LogP contribution in [-0.4, -0.2) is 46.7 Å². The minimum absolute atomic E-state index is 0.121. The fourth-order valence-electron chi connectivity index (χ4n) is 5.27. The Bertz CT molecular complexity index is 1780. The number of allylic oxidation sites excluding steroid dienone is 1. The molecule has 3 heterocycles. The molecule has 5 aromatic rings. The standard InChI is InChI=1S/C33H32N8O3/c1-23-31(24(2)42)32(34-33(43)41(23)21-28-19-39(37-35-28)17-25-9-5-3-6-10-25)27-13-15-30(16-14-27)44-22-29-20-40(38-36-29)18-26-11-7-4-8-12-26/h3-16,19-20,32H,17-18,21-22H2,1-2H3,(H,34,43). The Kier molecular flexibility index (Phi) is 8.26. The van der Waals surface area contributed by atoms with Crippen LogP contribution in [0.1, 0.15) is 48.0 Å². The van der Waals surface area contributed by atoms with Crippen LogP contribution in [0.15, 0.2) is 109 Å². The number of hydrogen-bond donors (Lipinski definition) is 1. The number of benzene rings is 3. The number of nitrogens with zero attached hydrogens (tertiary/aromatic N) is 7. The van der Waals surface area contributed by atoms with Gasteiger partial charge in [-0.1, -0.05) is 83.2 Å². The van der Waals surface area contributed by atoms with Gasteiger partial charge in [-0.25, -0.2) is 14.2 Å². The number of ketones is 1. The van der Waals surface area contributed by atoms with Crippen molar-refractivity contribution in [2.24, 2.45) is 0 Å². The number of nitrogens with one attached hydrogen (secondary N) is 1. The molecule has 2 aromatic heterocycles. The number of Topliss-reactive ketones (excluding diaryl/α,β-unsaturated/α-hetero) is 1. The van der Waals surface area contributed by atoms with Crippen LogP contribution in [-0.2, 0) is 31.0 Å². The number of carbonyl (C=O) groups is 2. The molecule has 0 spiro atoms. The Hall–Kier alpha value is -5.58. The van der Waals surface area contributed by atoms with Crippen LogP contribution >= 0.6 is 0 Å². The highest BCUT2D eigenvalue weighted by molar-refractivity contribution is 5.98. The molecular formula is C33H32N8O3. The third kappa shape index (κ3) is 6.57. The maximum atomic E-state index is 13.3. The monoisotopic (exact) mass is 588 g/mol. The molecule has 1 aliphatic rings. The molecule has 222 valence electrons. The Morgan fingerprint density at radius 2 is 1.36 bits per heavy atom. The summed E-state index contributed by atoms with van der Waals surface area (Å²) >= 11 is 0. The van der Waals surface area contributed by atoms with Crippen LogP contribution < -0.4 is 10.1 Å². The number of amides is 2. The number of ether oxygens (including phenoxy) is 1. The molecule has 0 fully saturated rings. The fraction of sp³-hybridized carbons (Fsp3) is 0.212. The highest BCUT2D eigenvalue weighted by Gasteiger charge is 2.34. The maximum Gasteiger partial charge on any atom is 0.322 e. The Labute approximate surface area is 254 Å². The summed E-state index contributed by atoms with van der Waals surface area (Å²) in [6, 6.07) is 26.4. The zero-order valence-electron chi connectivity index (χ0n) is 24.5. The summed E-state index contributed by atoms with van der Waals surface area (Å²) in [4.78, 5) is 27.7. The second kappa shape index (κ2) is 12.7. The van der Waals surface area contributed by atoms with Gasteiger partial charge in [-0.3, -0.25) is 9.69 Å². The summed E-state index contributed by atoms with van der Waals surface area (Å²) in [5.41, 5.74) is 5.45. The Morgan fingerprint density at radius 3 is 1.95 bits per heavy atom. The minimum Gasteiger partial charge on any atom is -0.487 e. The molecule has 3 aromatic carbocycles. The van der Waals surface area contributed by atoms with E-state index in [1.807, 2.05) is 97.3 Å².